The first kappa shape index (κ1) is 15.3. The molecular formula is C14H21N3O4. The Kier molecular flexibility index (Phi) is 4.20. The van der Waals surface area contributed by atoms with Crippen molar-refractivity contribution in [3.63, 3.8) is 0 Å². The second-order valence-corrected chi connectivity index (χ2v) is 5.84. The fourth-order valence-electron chi connectivity index (χ4n) is 2.25. The van der Waals surface area contributed by atoms with E-state index in [4.69, 9.17) is 9.47 Å². The van der Waals surface area contributed by atoms with Crippen molar-refractivity contribution in [2.75, 3.05) is 13.2 Å². The molecule has 21 heavy (non-hydrogen) atoms. The lowest BCUT2D eigenvalue weighted by Gasteiger charge is -2.34. The molecule has 0 bridgehead atoms. The Morgan fingerprint density at radius 3 is 2.81 bits per heavy atom. The first-order chi connectivity index (χ1) is 9.83. The van der Waals surface area contributed by atoms with Gasteiger partial charge in [0, 0.05) is 18.7 Å². The highest BCUT2D eigenvalue weighted by Gasteiger charge is 2.40. The van der Waals surface area contributed by atoms with E-state index in [2.05, 4.69) is 9.97 Å². The third kappa shape index (κ3) is 3.34. The number of carbonyl (C=O) groups excluding carboxylic acids is 2. The number of hydrogen-bond acceptors (Lipinski definition) is 5. The number of aromatic amines is 1. The lowest BCUT2D eigenvalue weighted by atomic mass is 10.0. The third-order valence-corrected chi connectivity index (χ3v) is 3.06. The molecule has 1 aliphatic rings. The van der Waals surface area contributed by atoms with Gasteiger partial charge in [-0.15, -0.1) is 0 Å². The fraction of sp³-hybridized carbons (Fsp3) is 0.643. The molecule has 0 spiro atoms. The molecule has 0 saturated heterocycles. The zero-order valence-electron chi connectivity index (χ0n) is 12.8. The van der Waals surface area contributed by atoms with E-state index < -0.39 is 23.7 Å². The van der Waals surface area contributed by atoms with Gasteiger partial charge in [0.2, 0.25) is 0 Å². The molecule has 1 amide bonds. The van der Waals surface area contributed by atoms with Gasteiger partial charge in [-0.05, 0) is 27.7 Å². The lowest BCUT2D eigenvalue weighted by molar-refractivity contribution is -0.150. The van der Waals surface area contributed by atoms with Crippen molar-refractivity contribution in [3.05, 3.63) is 17.7 Å². The molecule has 116 valence electrons. The van der Waals surface area contributed by atoms with Crippen LogP contribution < -0.4 is 0 Å². The monoisotopic (exact) mass is 295 g/mol. The molecule has 7 nitrogen and oxygen atoms in total. The average molecular weight is 295 g/mol. The van der Waals surface area contributed by atoms with Gasteiger partial charge in [-0.25, -0.2) is 14.6 Å². The van der Waals surface area contributed by atoms with Gasteiger partial charge in [-0.2, -0.15) is 0 Å². The Balaban J connectivity index is 2.28. The summed E-state index contributed by atoms with van der Waals surface area (Å²) in [6.07, 6.45) is 1.59. The molecule has 1 N–H and O–H groups in total. The third-order valence-electron chi connectivity index (χ3n) is 3.06. The second-order valence-electron chi connectivity index (χ2n) is 5.84. The Hall–Kier alpha value is -2.05. The molecule has 1 aromatic heterocycles. The van der Waals surface area contributed by atoms with Crippen molar-refractivity contribution in [1.82, 2.24) is 14.9 Å². The maximum atomic E-state index is 12.3. The number of fused-ring (bicyclic) bond motifs is 1. The summed E-state index contributed by atoms with van der Waals surface area (Å²) in [5.74, 6) is -0.489. The summed E-state index contributed by atoms with van der Waals surface area (Å²) in [6, 6.07) is -0.852. The van der Waals surface area contributed by atoms with Crippen molar-refractivity contribution in [1.29, 1.82) is 0 Å². The van der Waals surface area contributed by atoms with Crippen LogP contribution in [0.15, 0.2) is 6.33 Å². The first-order valence-corrected chi connectivity index (χ1v) is 7.02. The van der Waals surface area contributed by atoms with E-state index >= 15 is 0 Å². The van der Waals surface area contributed by atoms with Crippen molar-refractivity contribution in [3.8, 4) is 0 Å². The van der Waals surface area contributed by atoms with Gasteiger partial charge < -0.3 is 14.5 Å². The molecule has 0 fully saturated rings. The number of esters is 1. The zero-order valence-corrected chi connectivity index (χ0v) is 12.8. The summed E-state index contributed by atoms with van der Waals surface area (Å²) in [4.78, 5) is 33.1. The van der Waals surface area contributed by atoms with Crippen LogP contribution in [0.25, 0.3) is 0 Å². The predicted molar refractivity (Wildman–Crippen MR) is 74.6 cm³/mol. The van der Waals surface area contributed by atoms with Crippen LogP contribution in [-0.4, -0.2) is 45.7 Å². The highest BCUT2D eigenvalue weighted by molar-refractivity contribution is 5.83. The maximum absolute atomic E-state index is 12.3. The summed E-state index contributed by atoms with van der Waals surface area (Å²) in [5.41, 5.74) is 0.765. The first-order valence-electron chi connectivity index (χ1n) is 7.02. The van der Waals surface area contributed by atoms with Crippen molar-refractivity contribution < 1.29 is 19.1 Å². The smallest absolute Gasteiger partial charge is 0.411 e. The van der Waals surface area contributed by atoms with Crippen LogP contribution in [0.3, 0.4) is 0 Å². The molecule has 7 heteroatoms. The number of hydrogen-bond donors (Lipinski definition) is 1. The molecular weight excluding hydrogens is 274 g/mol. The molecule has 1 aliphatic heterocycles. The van der Waals surface area contributed by atoms with Crippen LogP contribution in [-0.2, 0) is 20.7 Å². The molecule has 2 rings (SSSR count). The Morgan fingerprint density at radius 2 is 2.19 bits per heavy atom. The number of nitrogens with one attached hydrogen (secondary N) is 1. The SMILES string of the molecule is CCOC(=O)[C@@H]1c2nc[nH]c2CCN1C(=O)OC(C)(C)C. The van der Waals surface area contributed by atoms with Crippen LogP contribution in [0, 0.1) is 0 Å². The van der Waals surface area contributed by atoms with E-state index in [-0.39, 0.29) is 6.61 Å². The largest absolute Gasteiger partial charge is 0.464 e. The highest BCUT2D eigenvalue weighted by atomic mass is 16.6. The second kappa shape index (κ2) is 5.75. The van der Waals surface area contributed by atoms with Crippen LogP contribution in [0.5, 0.6) is 0 Å². The minimum absolute atomic E-state index is 0.247. The number of rotatable bonds is 2. The minimum Gasteiger partial charge on any atom is -0.464 e. The molecule has 0 aliphatic carbocycles. The quantitative estimate of drug-likeness (QED) is 0.841. The minimum atomic E-state index is -0.852. The molecule has 0 saturated carbocycles. The average Bonchev–Trinajstić information content (AvgIpc) is 2.83. The Labute approximate surface area is 123 Å². The normalized spacial score (nSPS) is 18.1. The van der Waals surface area contributed by atoms with Crippen LogP contribution in [0.2, 0.25) is 0 Å². The Morgan fingerprint density at radius 1 is 1.48 bits per heavy atom. The summed E-state index contributed by atoms with van der Waals surface area (Å²) in [7, 11) is 0. The molecule has 0 aromatic carbocycles. The Bertz CT molecular complexity index is 533. The summed E-state index contributed by atoms with van der Waals surface area (Å²) in [6.45, 7) is 7.71. The number of amides is 1. The van der Waals surface area contributed by atoms with Crippen LogP contribution >= 0.6 is 0 Å². The van der Waals surface area contributed by atoms with Crippen molar-refractivity contribution in [2.45, 2.75) is 45.8 Å². The number of imidazole rings is 1. The lowest BCUT2D eigenvalue weighted by Crippen LogP contribution is -2.46. The predicted octanol–water partition coefficient (Wildman–Crippen LogP) is 1.81. The van der Waals surface area contributed by atoms with Crippen LogP contribution in [0.1, 0.15) is 45.1 Å². The van der Waals surface area contributed by atoms with Gasteiger partial charge in [0.25, 0.3) is 0 Å². The molecule has 0 radical (unpaired) electrons. The standard InChI is InChI=1S/C14H21N3O4/c1-5-20-12(18)11-10-9(15-8-16-10)6-7-17(11)13(19)21-14(2,3)4/h8,11H,5-7H2,1-4H3,(H,15,16)/t11-/m0/s1. The number of carbonyl (C=O) groups is 2. The molecule has 1 aromatic rings. The van der Waals surface area contributed by atoms with Gasteiger partial charge in [0.05, 0.1) is 18.6 Å². The zero-order chi connectivity index (χ0) is 15.6. The van der Waals surface area contributed by atoms with Crippen molar-refractivity contribution in [2.24, 2.45) is 0 Å². The molecule has 1 atom stereocenters. The fourth-order valence-corrected chi connectivity index (χ4v) is 2.25. The van der Waals surface area contributed by atoms with Crippen LogP contribution in [0.4, 0.5) is 4.79 Å². The molecule has 2 heterocycles. The van der Waals surface area contributed by atoms with E-state index in [1.54, 1.807) is 27.7 Å². The van der Waals surface area contributed by atoms with Gasteiger partial charge in [-0.1, -0.05) is 0 Å². The van der Waals surface area contributed by atoms with Gasteiger partial charge in [0.15, 0.2) is 6.04 Å². The van der Waals surface area contributed by atoms with E-state index in [1.165, 1.54) is 11.2 Å². The summed E-state index contributed by atoms with van der Waals surface area (Å²) < 4.78 is 10.4. The topological polar surface area (TPSA) is 84.5 Å². The van der Waals surface area contributed by atoms with Gasteiger partial charge in [0.1, 0.15) is 5.60 Å². The number of H-pyrrole nitrogens is 1. The van der Waals surface area contributed by atoms with E-state index in [1.807, 2.05) is 0 Å². The van der Waals surface area contributed by atoms with Crippen molar-refractivity contribution >= 4 is 12.1 Å². The van der Waals surface area contributed by atoms with Gasteiger partial charge in [-0.3, -0.25) is 4.90 Å². The van der Waals surface area contributed by atoms with E-state index in [9.17, 15) is 9.59 Å². The van der Waals surface area contributed by atoms with E-state index in [0.29, 0.717) is 18.7 Å². The number of nitrogens with zero attached hydrogens (tertiary/aromatic N) is 2. The van der Waals surface area contributed by atoms with Gasteiger partial charge >= 0.3 is 12.1 Å². The molecule has 0 unspecified atom stereocenters. The summed E-state index contributed by atoms with van der Waals surface area (Å²) in [5, 5.41) is 0. The number of aromatic nitrogens is 2. The highest BCUT2D eigenvalue weighted by Crippen LogP contribution is 2.29. The van der Waals surface area contributed by atoms with E-state index in [0.717, 1.165) is 5.69 Å². The number of ether oxygens (including phenoxy) is 2. The summed E-state index contributed by atoms with van der Waals surface area (Å²) >= 11 is 0. The maximum Gasteiger partial charge on any atom is 0.411 e.